The monoisotopic (exact) mass is 430 g/mol. The topological polar surface area (TPSA) is 81.0 Å². The van der Waals surface area contributed by atoms with Crippen LogP contribution in [0.15, 0.2) is 30.5 Å². The Labute approximate surface area is 183 Å². The first-order valence-corrected chi connectivity index (χ1v) is 10.8. The lowest BCUT2D eigenvalue weighted by Crippen LogP contribution is -2.41. The van der Waals surface area contributed by atoms with Crippen molar-refractivity contribution >= 4 is 23.1 Å². The third kappa shape index (κ3) is 5.58. The van der Waals surface area contributed by atoms with Gasteiger partial charge in [-0.3, -0.25) is 4.57 Å². The molecular formula is C24H34N2O5. The number of ether oxygens (including phenoxy) is 2. The van der Waals surface area contributed by atoms with Crippen LogP contribution in [-0.2, 0) is 15.9 Å². The molecule has 0 spiro atoms. The summed E-state index contributed by atoms with van der Waals surface area (Å²) in [6.07, 6.45) is 2.40. The Bertz CT molecular complexity index is 951. The van der Waals surface area contributed by atoms with E-state index in [0.717, 1.165) is 16.5 Å². The molecule has 2 heterocycles. The Balaban J connectivity index is 1.82. The van der Waals surface area contributed by atoms with Crippen LogP contribution in [0, 0.1) is 5.92 Å². The van der Waals surface area contributed by atoms with Gasteiger partial charge in [0.1, 0.15) is 11.2 Å². The van der Waals surface area contributed by atoms with E-state index in [1.54, 1.807) is 9.47 Å². The van der Waals surface area contributed by atoms with Gasteiger partial charge in [0.05, 0.1) is 18.2 Å². The van der Waals surface area contributed by atoms with Gasteiger partial charge >= 0.3 is 12.2 Å². The molecule has 1 aromatic heterocycles. The number of benzene rings is 1. The quantitative estimate of drug-likeness (QED) is 0.771. The fraction of sp³-hybridized carbons (Fsp3) is 0.583. The molecule has 31 heavy (non-hydrogen) atoms. The summed E-state index contributed by atoms with van der Waals surface area (Å²) in [7, 11) is 0. The number of amides is 1. The van der Waals surface area contributed by atoms with Crippen molar-refractivity contribution in [2.75, 3.05) is 13.2 Å². The molecular weight excluding hydrogens is 396 g/mol. The van der Waals surface area contributed by atoms with E-state index < -0.39 is 23.4 Å². The van der Waals surface area contributed by atoms with Gasteiger partial charge in [0.15, 0.2) is 0 Å². The summed E-state index contributed by atoms with van der Waals surface area (Å²) in [5.41, 5.74) is 0.647. The molecule has 2 aromatic rings. The number of hydrogen-bond acceptors (Lipinski definition) is 5. The Morgan fingerprint density at radius 3 is 2.26 bits per heavy atom. The van der Waals surface area contributed by atoms with Crippen LogP contribution in [0.25, 0.3) is 10.9 Å². The van der Waals surface area contributed by atoms with E-state index in [9.17, 15) is 14.7 Å². The lowest BCUT2D eigenvalue weighted by atomic mass is 9.96. The minimum Gasteiger partial charge on any atom is -0.444 e. The molecule has 1 saturated heterocycles. The van der Waals surface area contributed by atoms with Gasteiger partial charge in [-0.1, -0.05) is 18.2 Å². The van der Waals surface area contributed by atoms with Gasteiger partial charge in [-0.05, 0) is 71.9 Å². The molecule has 0 bridgehead atoms. The molecule has 0 aliphatic carbocycles. The number of aliphatic hydroxyl groups excluding tert-OH is 1. The first-order chi connectivity index (χ1) is 14.4. The molecule has 0 radical (unpaired) electrons. The fourth-order valence-corrected chi connectivity index (χ4v) is 4.06. The number of para-hydroxylation sites is 1. The number of nitrogens with zero attached hydrogens (tertiary/aromatic N) is 2. The van der Waals surface area contributed by atoms with Crippen molar-refractivity contribution in [3.8, 4) is 0 Å². The molecule has 1 aliphatic rings. The second kappa shape index (κ2) is 8.54. The molecule has 2 atom stereocenters. The first-order valence-electron chi connectivity index (χ1n) is 10.8. The minimum absolute atomic E-state index is 0.102. The van der Waals surface area contributed by atoms with Gasteiger partial charge in [0, 0.05) is 18.1 Å². The van der Waals surface area contributed by atoms with E-state index in [0.29, 0.717) is 19.4 Å². The number of hydrogen-bond donors (Lipinski definition) is 1. The predicted octanol–water partition coefficient (Wildman–Crippen LogP) is 4.58. The van der Waals surface area contributed by atoms with E-state index >= 15 is 0 Å². The van der Waals surface area contributed by atoms with Crippen LogP contribution in [0.5, 0.6) is 0 Å². The Kier molecular flexibility index (Phi) is 6.37. The highest BCUT2D eigenvalue weighted by molar-refractivity contribution is 5.92. The molecule has 7 nitrogen and oxygen atoms in total. The molecule has 1 amide bonds. The number of aliphatic hydroxyl groups is 1. The van der Waals surface area contributed by atoms with E-state index in [-0.39, 0.29) is 18.6 Å². The van der Waals surface area contributed by atoms with Crippen LogP contribution < -0.4 is 0 Å². The average molecular weight is 431 g/mol. The fourth-order valence-electron chi connectivity index (χ4n) is 4.06. The van der Waals surface area contributed by atoms with Crippen molar-refractivity contribution in [2.45, 2.75) is 71.6 Å². The maximum Gasteiger partial charge on any atom is 0.419 e. The smallest absolute Gasteiger partial charge is 0.419 e. The van der Waals surface area contributed by atoms with Crippen LogP contribution in [0.4, 0.5) is 9.59 Å². The molecule has 1 aromatic carbocycles. The third-order valence-corrected chi connectivity index (χ3v) is 5.23. The van der Waals surface area contributed by atoms with Crippen molar-refractivity contribution in [2.24, 2.45) is 5.92 Å². The summed E-state index contributed by atoms with van der Waals surface area (Å²) in [6.45, 7) is 11.4. The van der Waals surface area contributed by atoms with Crippen LogP contribution in [0.3, 0.4) is 0 Å². The van der Waals surface area contributed by atoms with Gasteiger partial charge in [0.2, 0.25) is 0 Å². The minimum atomic E-state index is -0.587. The van der Waals surface area contributed by atoms with Crippen molar-refractivity contribution < 1.29 is 24.2 Å². The summed E-state index contributed by atoms with van der Waals surface area (Å²) in [4.78, 5) is 27.0. The van der Waals surface area contributed by atoms with Crippen molar-refractivity contribution in [1.29, 1.82) is 0 Å². The SMILES string of the molecule is CC(C)(C)OC(=O)N1C[C@H](Cc2cn(C(=O)OC(C)(C)C)c3ccccc23)C[C@H]1CO. The van der Waals surface area contributed by atoms with Gasteiger partial charge in [-0.2, -0.15) is 0 Å². The third-order valence-electron chi connectivity index (χ3n) is 5.23. The van der Waals surface area contributed by atoms with Crippen molar-refractivity contribution in [3.63, 3.8) is 0 Å². The highest BCUT2D eigenvalue weighted by atomic mass is 16.6. The van der Waals surface area contributed by atoms with Gasteiger partial charge in [-0.15, -0.1) is 0 Å². The number of carbonyl (C=O) groups is 2. The maximum absolute atomic E-state index is 12.7. The summed E-state index contributed by atoms with van der Waals surface area (Å²) in [5, 5.41) is 10.8. The highest BCUT2D eigenvalue weighted by Gasteiger charge is 2.37. The number of fused-ring (bicyclic) bond motifs is 1. The van der Waals surface area contributed by atoms with Crippen molar-refractivity contribution in [3.05, 3.63) is 36.0 Å². The zero-order valence-electron chi connectivity index (χ0n) is 19.3. The zero-order valence-corrected chi connectivity index (χ0v) is 19.3. The molecule has 3 rings (SSSR count). The normalized spacial score (nSPS) is 19.6. The van der Waals surface area contributed by atoms with E-state index in [2.05, 4.69) is 0 Å². The Hall–Kier alpha value is -2.54. The van der Waals surface area contributed by atoms with Gasteiger partial charge < -0.3 is 19.5 Å². The van der Waals surface area contributed by atoms with Gasteiger partial charge in [-0.25, -0.2) is 9.59 Å². The second-order valence-corrected chi connectivity index (χ2v) is 10.3. The van der Waals surface area contributed by atoms with Gasteiger partial charge in [0.25, 0.3) is 0 Å². The summed E-state index contributed by atoms with van der Waals surface area (Å²) in [6, 6.07) is 7.48. The van der Waals surface area contributed by atoms with Crippen molar-refractivity contribution in [1.82, 2.24) is 9.47 Å². The molecule has 1 fully saturated rings. The largest absolute Gasteiger partial charge is 0.444 e. The molecule has 7 heteroatoms. The van der Waals surface area contributed by atoms with Crippen LogP contribution in [0.2, 0.25) is 0 Å². The summed E-state index contributed by atoms with van der Waals surface area (Å²) in [5.74, 6) is 0.155. The lowest BCUT2D eigenvalue weighted by Gasteiger charge is -2.27. The molecule has 170 valence electrons. The average Bonchev–Trinajstić information content (AvgIpc) is 3.21. The molecule has 1 aliphatic heterocycles. The highest BCUT2D eigenvalue weighted by Crippen LogP contribution is 2.31. The van der Waals surface area contributed by atoms with E-state index in [1.807, 2.05) is 72.0 Å². The number of carbonyl (C=O) groups excluding carboxylic acids is 2. The molecule has 0 unspecified atom stereocenters. The summed E-state index contributed by atoms with van der Waals surface area (Å²) >= 11 is 0. The number of likely N-dealkylation sites (tertiary alicyclic amines) is 1. The predicted molar refractivity (Wildman–Crippen MR) is 119 cm³/mol. The maximum atomic E-state index is 12.7. The molecule has 0 saturated carbocycles. The lowest BCUT2D eigenvalue weighted by molar-refractivity contribution is 0.0172. The Morgan fingerprint density at radius 1 is 1.03 bits per heavy atom. The van der Waals surface area contributed by atoms with Crippen LogP contribution in [0.1, 0.15) is 53.5 Å². The number of aromatic nitrogens is 1. The van der Waals surface area contributed by atoms with E-state index in [1.165, 1.54) is 0 Å². The standard InChI is InChI=1S/C24H34N2O5/c1-23(2,3)30-21(28)25-13-16(12-18(25)15-27)11-17-14-26(22(29)31-24(4,5)6)20-10-8-7-9-19(17)20/h7-10,14,16,18,27H,11-13,15H2,1-6H3/t16-,18+/m1/s1. The molecule has 1 N–H and O–H groups in total. The van der Waals surface area contributed by atoms with E-state index in [4.69, 9.17) is 9.47 Å². The van der Waals surface area contributed by atoms with Crippen LogP contribution in [-0.4, -0.2) is 57.2 Å². The summed E-state index contributed by atoms with van der Waals surface area (Å²) < 4.78 is 12.6. The Morgan fingerprint density at radius 2 is 1.65 bits per heavy atom. The first kappa shape index (κ1) is 23.1. The zero-order chi connectivity index (χ0) is 23.0. The second-order valence-electron chi connectivity index (χ2n) is 10.3. The van der Waals surface area contributed by atoms with Crippen LogP contribution >= 0.6 is 0 Å². The number of rotatable bonds is 3.